The third-order valence-electron chi connectivity index (χ3n) is 9.06. The van der Waals surface area contributed by atoms with Crippen LogP contribution in [0.4, 0.5) is 0 Å². The van der Waals surface area contributed by atoms with Crippen molar-refractivity contribution in [2.75, 3.05) is 13.2 Å². The minimum atomic E-state index is -0.435. The smallest absolute Gasteiger partial charge is 0.120 e. The molecule has 6 rings (SSSR count). The molecule has 248 valence electrons. The summed E-state index contributed by atoms with van der Waals surface area (Å²) in [4.78, 5) is 0. The molecule has 3 heteroatoms. The Kier molecular flexibility index (Phi) is 12.2. The number of hydrogen-bond donors (Lipinski definition) is 0. The van der Waals surface area contributed by atoms with E-state index in [9.17, 15) is 0 Å². The van der Waals surface area contributed by atoms with E-state index in [1.807, 2.05) is 42.5 Å². The fourth-order valence-electron chi connectivity index (χ4n) is 6.53. The zero-order valence-electron chi connectivity index (χ0n) is 28.3. The van der Waals surface area contributed by atoms with E-state index in [0.717, 1.165) is 48.9 Å². The number of ether oxygens (including phenoxy) is 3. The van der Waals surface area contributed by atoms with Gasteiger partial charge in [0.2, 0.25) is 0 Å². The SMILES string of the molecule is c1ccc(COc2ccc(OCCCCCCCCOc3ccc(C(c4ccccc4)(c4ccccc4)c4ccccc4)cc3)cc2)cc1. The van der Waals surface area contributed by atoms with E-state index in [1.165, 1.54) is 47.9 Å². The first kappa shape index (κ1) is 33.6. The van der Waals surface area contributed by atoms with Gasteiger partial charge in [0, 0.05) is 0 Å². The predicted molar refractivity (Wildman–Crippen MR) is 201 cm³/mol. The maximum atomic E-state index is 6.20. The summed E-state index contributed by atoms with van der Waals surface area (Å²) in [6.07, 6.45) is 6.88. The molecule has 0 bridgehead atoms. The number of unbranched alkanes of at least 4 members (excludes halogenated alkanes) is 5. The Labute approximate surface area is 292 Å². The summed E-state index contributed by atoms with van der Waals surface area (Å²) in [5, 5.41) is 0. The Bertz CT molecular complexity index is 1670. The van der Waals surface area contributed by atoms with Crippen LogP contribution < -0.4 is 14.2 Å². The molecule has 0 fully saturated rings. The molecule has 3 nitrogen and oxygen atoms in total. The molecule has 0 aliphatic carbocycles. The van der Waals surface area contributed by atoms with Crippen LogP contribution in [0, 0.1) is 0 Å². The van der Waals surface area contributed by atoms with Crippen molar-refractivity contribution < 1.29 is 14.2 Å². The van der Waals surface area contributed by atoms with E-state index >= 15 is 0 Å². The zero-order chi connectivity index (χ0) is 33.4. The first-order valence-electron chi connectivity index (χ1n) is 17.6. The Balaban J connectivity index is 0.926. The zero-order valence-corrected chi connectivity index (χ0v) is 28.3. The minimum Gasteiger partial charge on any atom is -0.494 e. The van der Waals surface area contributed by atoms with Crippen molar-refractivity contribution in [2.24, 2.45) is 0 Å². The number of hydrogen-bond acceptors (Lipinski definition) is 3. The summed E-state index contributed by atoms with van der Waals surface area (Å²) in [5.74, 6) is 2.66. The van der Waals surface area contributed by atoms with Crippen LogP contribution in [0.3, 0.4) is 0 Å². The molecule has 0 saturated carbocycles. The minimum absolute atomic E-state index is 0.435. The monoisotopic (exact) mass is 646 g/mol. The summed E-state index contributed by atoms with van der Waals surface area (Å²) in [6.45, 7) is 2.04. The molecule has 0 N–H and O–H groups in total. The molecule has 0 spiro atoms. The van der Waals surface area contributed by atoms with Gasteiger partial charge in [-0.05, 0) is 77.1 Å². The highest BCUT2D eigenvalue weighted by atomic mass is 16.5. The van der Waals surface area contributed by atoms with Gasteiger partial charge in [-0.1, -0.05) is 159 Å². The van der Waals surface area contributed by atoms with Crippen molar-refractivity contribution in [2.45, 2.75) is 50.5 Å². The Hall–Kier alpha value is -5.28. The summed E-state index contributed by atoms with van der Waals surface area (Å²) >= 11 is 0. The molecule has 0 heterocycles. The fourth-order valence-corrected chi connectivity index (χ4v) is 6.53. The molecule has 0 aromatic heterocycles. The largest absolute Gasteiger partial charge is 0.494 e. The lowest BCUT2D eigenvalue weighted by Gasteiger charge is -2.36. The first-order valence-corrected chi connectivity index (χ1v) is 17.6. The van der Waals surface area contributed by atoms with Crippen molar-refractivity contribution in [1.29, 1.82) is 0 Å². The van der Waals surface area contributed by atoms with Gasteiger partial charge < -0.3 is 14.2 Å². The van der Waals surface area contributed by atoms with Gasteiger partial charge in [-0.3, -0.25) is 0 Å². The second kappa shape index (κ2) is 17.8. The highest BCUT2D eigenvalue weighted by Crippen LogP contribution is 2.45. The van der Waals surface area contributed by atoms with Crippen LogP contribution in [0.5, 0.6) is 17.2 Å². The maximum Gasteiger partial charge on any atom is 0.120 e. The van der Waals surface area contributed by atoms with Gasteiger partial charge in [0.05, 0.1) is 18.6 Å². The molecule has 0 saturated heterocycles. The molecular weight excluding hydrogens is 601 g/mol. The van der Waals surface area contributed by atoms with Gasteiger partial charge >= 0.3 is 0 Å². The summed E-state index contributed by atoms with van der Waals surface area (Å²) in [7, 11) is 0. The number of benzene rings is 6. The normalized spacial score (nSPS) is 11.2. The molecule has 0 aliphatic rings. The molecule has 0 atom stereocenters. The van der Waals surface area contributed by atoms with Crippen LogP contribution in [0.1, 0.15) is 66.3 Å². The summed E-state index contributed by atoms with van der Waals surface area (Å²) in [6, 6.07) is 59.3. The van der Waals surface area contributed by atoms with E-state index in [2.05, 4.69) is 127 Å². The van der Waals surface area contributed by atoms with Crippen LogP contribution >= 0.6 is 0 Å². The third kappa shape index (κ3) is 9.00. The highest BCUT2D eigenvalue weighted by Gasteiger charge is 2.38. The van der Waals surface area contributed by atoms with Crippen LogP contribution in [0.2, 0.25) is 0 Å². The van der Waals surface area contributed by atoms with Gasteiger partial charge in [0.1, 0.15) is 23.9 Å². The van der Waals surface area contributed by atoms with Gasteiger partial charge in [-0.2, -0.15) is 0 Å². The average molecular weight is 647 g/mol. The van der Waals surface area contributed by atoms with Crippen LogP contribution in [-0.2, 0) is 12.0 Å². The van der Waals surface area contributed by atoms with E-state index in [4.69, 9.17) is 14.2 Å². The molecule has 0 amide bonds. The molecular formula is C46H46O3. The van der Waals surface area contributed by atoms with E-state index in [-0.39, 0.29) is 0 Å². The van der Waals surface area contributed by atoms with Crippen molar-refractivity contribution in [3.63, 3.8) is 0 Å². The lowest BCUT2D eigenvalue weighted by molar-refractivity contribution is 0.293. The molecule has 6 aromatic rings. The second-order valence-corrected chi connectivity index (χ2v) is 12.4. The molecule has 49 heavy (non-hydrogen) atoms. The standard InChI is InChI=1S/C46H46O3/c1(2-4-18-36-48-44-31-33-45(34-32-44)49-37-38-19-9-5-10-20-38)3-17-35-47-43-29-27-42(28-30-43)46(39-21-11-6-12-22-39,40-23-13-7-14-24-40)41-25-15-8-16-26-41/h5-16,19-34H,1-4,17-18,35-37H2. The van der Waals surface area contributed by atoms with Crippen molar-refractivity contribution in [3.8, 4) is 17.2 Å². The van der Waals surface area contributed by atoms with Gasteiger partial charge in [-0.15, -0.1) is 0 Å². The molecule has 0 unspecified atom stereocenters. The van der Waals surface area contributed by atoms with Gasteiger partial charge in [0.15, 0.2) is 0 Å². The van der Waals surface area contributed by atoms with Crippen LogP contribution in [-0.4, -0.2) is 13.2 Å². The Morgan fingerprint density at radius 3 is 1.06 bits per heavy atom. The van der Waals surface area contributed by atoms with Gasteiger partial charge in [-0.25, -0.2) is 0 Å². The molecule has 0 aliphatic heterocycles. The van der Waals surface area contributed by atoms with Crippen molar-refractivity contribution in [3.05, 3.63) is 198 Å². The lowest BCUT2D eigenvalue weighted by Crippen LogP contribution is -2.30. The Morgan fingerprint density at radius 1 is 0.306 bits per heavy atom. The maximum absolute atomic E-state index is 6.20. The lowest BCUT2D eigenvalue weighted by atomic mass is 9.65. The predicted octanol–water partition coefficient (Wildman–Crippen LogP) is 11.4. The topological polar surface area (TPSA) is 27.7 Å². The third-order valence-corrected chi connectivity index (χ3v) is 9.06. The summed E-state index contributed by atoms with van der Waals surface area (Å²) < 4.78 is 18.0. The van der Waals surface area contributed by atoms with Crippen LogP contribution in [0.25, 0.3) is 0 Å². The van der Waals surface area contributed by atoms with Crippen molar-refractivity contribution >= 4 is 0 Å². The first-order chi connectivity index (χ1) is 24.3. The van der Waals surface area contributed by atoms with Gasteiger partial charge in [0.25, 0.3) is 0 Å². The van der Waals surface area contributed by atoms with E-state index < -0.39 is 5.41 Å². The molecule has 6 aromatic carbocycles. The van der Waals surface area contributed by atoms with E-state index in [0.29, 0.717) is 6.61 Å². The second-order valence-electron chi connectivity index (χ2n) is 12.4. The van der Waals surface area contributed by atoms with Crippen LogP contribution in [0.15, 0.2) is 170 Å². The quantitative estimate of drug-likeness (QED) is 0.0687. The summed E-state index contributed by atoms with van der Waals surface area (Å²) in [5.41, 5.74) is 5.67. The average Bonchev–Trinajstić information content (AvgIpc) is 3.18. The van der Waals surface area contributed by atoms with Crippen molar-refractivity contribution in [1.82, 2.24) is 0 Å². The fraction of sp³-hybridized carbons (Fsp3) is 0.217. The van der Waals surface area contributed by atoms with E-state index in [1.54, 1.807) is 0 Å². The number of rotatable bonds is 18. The molecule has 0 radical (unpaired) electrons. The Morgan fingerprint density at radius 2 is 0.633 bits per heavy atom. The highest BCUT2D eigenvalue weighted by molar-refractivity contribution is 5.60.